The van der Waals surface area contributed by atoms with Gasteiger partial charge < -0.3 is 55.6 Å². The second-order valence-electron chi connectivity index (χ2n) is 18.4. The summed E-state index contributed by atoms with van der Waals surface area (Å²) >= 11 is 0. The highest BCUT2D eigenvalue weighted by molar-refractivity contribution is 5.92. The second-order valence-corrected chi connectivity index (χ2v) is 18.4. The highest BCUT2D eigenvalue weighted by atomic mass is 16.6. The van der Waals surface area contributed by atoms with Gasteiger partial charge in [-0.25, -0.2) is 0 Å². The number of ether oxygens (including phenoxy) is 5. The number of aliphatic hydroxyl groups is 2. The minimum atomic E-state index is -1.81. The molecule has 0 saturated carbocycles. The van der Waals surface area contributed by atoms with Crippen LogP contribution in [-0.2, 0) is 57.2 Å². The number of amides is 4. The Bertz CT molecular complexity index is 1490. The van der Waals surface area contributed by atoms with E-state index < -0.39 is 97.1 Å². The molecular weight excluding hydrogens is 881 g/mol. The van der Waals surface area contributed by atoms with Gasteiger partial charge in [-0.05, 0) is 39.5 Å². The number of unbranched alkanes of at least 4 members (excludes halogenated alkanes) is 20. The molecule has 1 saturated heterocycles. The summed E-state index contributed by atoms with van der Waals surface area (Å²) < 4.78 is 35.7. The molecule has 7 N–H and O–H groups in total. The molecule has 0 aromatic heterocycles. The van der Waals surface area contributed by atoms with Gasteiger partial charge in [-0.3, -0.25) is 33.6 Å². The van der Waals surface area contributed by atoms with Crippen LogP contribution in [0.15, 0.2) is 0 Å². The third-order valence-corrected chi connectivity index (χ3v) is 12.2. The van der Waals surface area contributed by atoms with E-state index >= 15 is 0 Å². The molecule has 394 valence electrons. The number of primary amides is 1. The first-order valence-corrected chi connectivity index (χ1v) is 25.7. The molecule has 9 atom stereocenters. The maximum absolute atomic E-state index is 13.4. The van der Waals surface area contributed by atoms with Gasteiger partial charge in [0.05, 0.1) is 13.5 Å². The van der Waals surface area contributed by atoms with Gasteiger partial charge in [-0.15, -0.1) is 0 Å². The second kappa shape index (κ2) is 38.0. The fourth-order valence-corrected chi connectivity index (χ4v) is 8.05. The predicted molar refractivity (Wildman–Crippen MR) is 256 cm³/mol. The van der Waals surface area contributed by atoms with Crippen molar-refractivity contribution in [3.05, 3.63) is 0 Å². The Balaban J connectivity index is 2.92. The molecular formula is C50H90N4O14. The Kier molecular flexibility index (Phi) is 33.6. The molecule has 1 aliphatic heterocycles. The van der Waals surface area contributed by atoms with E-state index in [0.717, 1.165) is 59.0 Å². The summed E-state index contributed by atoms with van der Waals surface area (Å²) in [6, 6.07) is -4.24. The molecule has 1 heterocycles. The summed E-state index contributed by atoms with van der Waals surface area (Å²) in [4.78, 5) is 88.3. The summed E-state index contributed by atoms with van der Waals surface area (Å²) in [7, 11) is 1.15. The first-order valence-electron chi connectivity index (χ1n) is 26.2. The number of rotatable bonds is 40. The minimum Gasteiger partial charge on any atom is -0.469 e. The van der Waals surface area contributed by atoms with Crippen LogP contribution in [-0.4, -0.2) is 120 Å². The van der Waals surface area contributed by atoms with Crippen LogP contribution in [0.4, 0.5) is 0 Å². The lowest BCUT2D eigenvalue weighted by atomic mass is 9.96. The van der Waals surface area contributed by atoms with E-state index in [1.165, 1.54) is 104 Å². The number of carbonyl (C=O) groups excluding carboxylic acids is 7. The molecule has 1 unspecified atom stereocenters. The van der Waals surface area contributed by atoms with Crippen molar-refractivity contribution in [3.63, 3.8) is 0 Å². The lowest BCUT2D eigenvalue weighted by Gasteiger charge is -2.43. The molecule has 0 spiro atoms. The van der Waals surface area contributed by atoms with Crippen LogP contribution in [0.3, 0.4) is 0 Å². The van der Waals surface area contributed by atoms with E-state index in [0.29, 0.717) is 12.8 Å². The summed E-state index contributed by atoms with van der Waals surface area (Å²) in [5.74, 6) is -5.38. The zero-order valence-electron chi connectivity index (χ0n) is 43.3. The molecule has 0 aromatic carbocycles. The predicted octanol–water partition coefficient (Wildman–Crippen LogP) is 6.02. The summed E-state index contributed by atoms with van der Waals surface area (Å²) in [6.07, 6.45) is 16.4. The maximum Gasteiger partial charge on any atom is 0.309 e. The van der Waals surface area contributed by atoms with E-state index in [9.17, 15) is 43.8 Å². The normalized spacial score (nSPS) is 19.9. The lowest BCUT2D eigenvalue weighted by Crippen LogP contribution is -2.66. The minimum absolute atomic E-state index is 0.191. The van der Waals surface area contributed by atoms with Crippen LogP contribution >= 0.6 is 0 Å². The fraction of sp³-hybridized carbons (Fsp3) is 0.860. The van der Waals surface area contributed by atoms with Crippen molar-refractivity contribution >= 4 is 41.5 Å². The van der Waals surface area contributed by atoms with Crippen molar-refractivity contribution in [3.8, 4) is 0 Å². The number of nitrogens with one attached hydrogen (secondary N) is 3. The fourth-order valence-electron chi connectivity index (χ4n) is 8.05. The van der Waals surface area contributed by atoms with Crippen molar-refractivity contribution in [1.82, 2.24) is 15.9 Å². The maximum atomic E-state index is 13.4. The quantitative estimate of drug-likeness (QED) is 0.0233. The average Bonchev–Trinajstić information content (AvgIpc) is 3.31. The summed E-state index contributed by atoms with van der Waals surface area (Å²) in [6.45, 7) is 7.41. The molecule has 18 nitrogen and oxygen atoms in total. The Morgan fingerprint density at radius 2 is 1.21 bits per heavy atom. The summed E-state index contributed by atoms with van der Waals surface area (Å²) in [5.41, 5.74) is 5.37. The van der Waals surface area contributed by atoms with Crippen molar-refractivity contribution in [1.29, 1.82) is 0 Å². The van der Waals surface area contributed by atoms with E-state index in [2.05, 4.69) is 29.2 Å². The number of hydrogen-bond acceptors (Lipinski definition) is 14. The first kappa shape index (κ1) is 60.3. The number of esters is 3. The Labute approximate surface area is 407 Å². The van der Waals surface area contributed by atoms with Gasteiger partial charge in [0.15, 0.2) is 7.70 Å². The van der Waals surface area contributed by atoms with E-state index in [-0.39, 0.29) is 37.0 Å². The Morgan fingerprint density at radius 1 is 0.691 bits per heavy atom. The van der Waals surface area contributed by atoms with Gasteiger partial charge in [0.1, 0.15) is 55.3 Å². The standard InChI is InChI=1S/C50H90N4O14/c1-7-9-11-13-15-17-19-21-23-25-27-29-38(67-42(57)30-28-26-24-22-20-18-16-14-12-10-8-2)33-43(58)65-34-40-45(59)46(44(50(63)68-40)53-37(5)55)66-36(4)49(62)52-35(3)48(61)54-39(47(51)60)31-32-41(56)64-6/h35-36,38-40,44-46,50,59,63H,7-34H2,1-6H3,(H2,51,60)(H,52,62)(H,53,55)(H,54,61)/t35-,36+,38+,39-,40+,44+,45+,46+,50?/m0/s1/i/hD. The van der Waals surface area contributed by atoms with Crippen molar-refractivity contribution in [2.75, 3.05) is 13.7 Å². The van der Waals surface area contributed by atoms with E-state index in [1.807, 2.05) is 0 Å². The third kappa shape index (κ3) is 28.6. The lowest BCUT2D eigenvalue weighted by molar-refractivity contribution is -0.267. The highest BCUT2D eigenvalue weighted by Crippen LogP contribution is 2.25. The van der Waals surface area contributed by atoms with Crippen LogP contribution < -0.4 is 21.7 Å². The van der Waals surface area contributed by atoms with Gasteiger partial charge in [0, 0.05) is 19.8 Å². The number of aliphatic hydroxyl groups excluding tert-OH is 2. The molecule has 0 radical (unpaired) electrons. The van der Waals surface area contributed by atoms with Crippen molar-refractivity contribution in [2.24, 2.45) is 5.73 Å². The molecule has 0 bridgehead atoms. The monoisotopic (exact) mass is 972 g/mol. The Morgan fingerprint density at radius 3 is 1.71 bits per heavy atom. The highest BCUT2D eigenvalue weighted by Gasteiger charge is 2.47. The molecule has 0 aromatic rings. The van der Waals surface area contributed by atoms with E-state index in [4.69, 9.17) is 26.1 Å². The van der Waals surface area contributed by atoms with Crippen LogP contribution in [0.2, 0.25) is 1.41 Å². The van der Waals surface area contributed by atoms with Crippen LogP contribution in [0.1, 0.15) is 208 Å². The molecule has 68 heavy (non-hydrogen) atoms. The number of hydrogen-bond donors (Lipinski definition) is 6. The molecule has 18 heteroatoms. The van der Waals surface area contributed by atoms with Crippen LogP contribution in [0.25, 0.3) is 0 Å². The van der Waals surface area contributed by atoms with Gasteiger partial charge >= 0.3 is 17.9 Å². The van der Waals surface area contributed by atoms with Crippen molar-refractivity contribution < 1.29 is 68.9 Å². The zero-order valence-corrected chi connectivity index (χ0v) is 42.3. The molecule has 1 rings (SSSR count). The largest absolute Gasteiger partial charge is 0.469 e. The zero-order chi connectivity index (χ0) is 51.6. The van der Waals surface area contributed by atoms with Crippen LogP contribution in [0, 0.1) is 0 Å². The molecule has 4 amide bonds. The van der Waals surface area contributed by atoms with Gasteiger partial charge in [0.2, 0.25) is 23.6 Å². The Hall–Kier alpha value is -3.87. The molecule has 1 aliphatic rings. The SMILES string of the molecule is [2H]N(C(=O)[C@@H](C)O[C@H]1[C@H](O)[C@@H](COC(=O)C[C@@H](CCCCCCCCCCCCC)OC(=O)CCCCCCCCCCCCC)OC(O)[C@@H]1NC(C)=O)[C@@H](C)C(=O)N[C@@H](CCC(=O)OC)C(N)=O. The first-order chi connectivity index (χ1) is 33.0. The number of nitrogens with two attached hydrogens (primary N) is 1. The van der Waals surface area contributed by atoms with Crippen molar-refractivity contribution in [2.45, 2.75) is 263 Å². The average molecular weight is 972 g/mol. The van der Waals surface area contributed by atoms with Gasteiger partial charge in [-0.2, -0.15) is 0 Å². The molecule has 1 fully saturated rings. The third-order valence-electron chi connectivity index (χ3n) is 12.2. The topological polar surface area (TPSA) is 268 Å². The van der Waals surface area contributed by atoms with Gasteiger partial charge in [-0.1, -0.05) is 142 Å². The van der Waals surface area contributed by atoms with Gasteiger partial charge in [0.25, 0.3) is 0 Å². The van der Waals surface area contributed by atoms with Crippen LogP contribution in [0.5, 0.6) is 0 Å². The number of methoxy groups -OCH3 is 1. The summed E-state index contributed by atoms with van der Waals surface area (Å²) in [5, 5.41) is 27.4. The smallest absolute Gasteiger partial charge is 0.309 e. The molecule has 0 aliphatic carbocycles. The number of carbonyl (C=O) groups is 7. The van der Waals surface area contributed by atoms with E-state index in [1.54, 1.807) is 0 Å².